The summed E-state index contributed by atoms with van der Waals surface area (Å²) >= 11 is 3.47. The first-order valence-electron chi connectivity index (χ1n) is 6.45. The zero-order valence-corrected chi connectivity index (χ0v) is 11.8. The van der Waals surface area contributed by atoms with Crippen LogP contribution < -0.4 is 0 Å². The first-order chi connectivity index (χ1) is 8.22. The molecule has 1 spiro atoms. The minimum Gasteiger partial charge on any atom is -0.379 e. The molecule has 2 aliphatic rings. The third-order valence-electron chi connectivity index (χ3n) is 4.58. The molecule has 1 aromatic heterocycles. The minimum absolute atomic E-state index is 0.333. The van der Waals surface area contributed by atoms with E-state index >= 15 is 0 Å². The Bertz CT molecular complexity index is 398. The van der Waals surface area contributed by atoms with Gasteiger partial charge in [0.1, 0.15) is 0 Å². The Kier molecular flexibility index (Phi) is 3.03. The van der Waals surface area contributed by atoms with Crippen LogP contribution in [-0.2, 0) is 4.74 Å². The van der Waals surface area contributed by atoms with E-state index in [9.17, 15) is 0 Å². The van der Waals surface area contributed by atoms with Gasteiger partial charge in [-0.05, 0) is 47.0 Å². The predicted molar refractivity (Wildman–Crippen MR) is 69.9 cm³/mol. The normalized spacial score (nSPS) is 31.4. The van der Waals surface area contributed by atoms with Gasteiger partial charge in [-0.15, -0.1) is 0 Å². The predicted octanol–water partition coefficient (Wildman–Crippen LogP) is 3.56. The highest BCUT2D eigenvalue weighted by Crippen LogP contribution is 2.54. The second-order valence-electron chi connectivity index (χ2n) is 5.60. The molecule has 0 unspecified atom stereocenters. The largest absolute Gasteiger partial charge is 0.379 e. The molecule has 0 saturated heterocycles. The van der Waals surface area contributed by atoms with Crippen molar-refractivity contribution in [3.05, 3.63) is 16.9 Å². The molecule has 0 aliphatic heterocycles. The van der Waals surface area contributed by atoms with E-state index < -0.39 is 0 Å². The van der Waals surface area contributed by atoms with Crippen LogP contribution in [0, 0.1) is 5.41 Å². The van der Waals surface area contributed by atoms with Crippen LogP contribution in [0.4, 0.5) is 0 Å². The van der Waals surface area contributed by atoms with Gasteiger partial charge in [0.25, 0.3) is 0 Å². The highest BCUT2D eigenvalue weighted by atomic mass is 79.9. The molecule has 0 radical (unpaired) electrons. The van der Waals surface area contributed by atoms with E-state index in [1.165, 1.54) is 38.5 Å². The highest BCUT2D eigenvalue weighted by Gasteiger charge is 2.47. The summed E-state index contributed by atoms with van der Waals surface area (Å²) in [6, 6.07) is 0.421. The van der Waals surface area contributed by atoms with E-state index in [-0.39, 0.29) is 0 Å². The molecule has 0 amide bonds. The van der Waals surface area contributed by atoms with Gasteiger partial charge in [-0.3, -0.25) is 4.68 Å². The molecule has 2 fully saturated rings. The summed E-state index contributed by atoms with van der Waals surface area (Å²) in [5.41, 5.74) is 0.545. The van der Waals surface area contributed by atoms with Crippen molar-refractivity contribution in [2.75, 3.05) is 7.11 Å². The van der Waals surface area contributed by atoms with Gasteiger partial charge in [-0.2, -0.15) is 5.10 Å². The van der Waals surface area contributed by atoms with Crippen molar-refractivity contribution >= 4 is 15.9 Å². The van der Waals surface area contributed by atoms with Crippen molar-refractivity contribution < 1.29 is 4.74 Å². The van der Waals surface area contributed by atoms with Crippen LogP contribution in [0.2, 0.25) is 0 Å². The number of aromatic nitrogens is 2. The molecule has 4 heteroatoms. The molecule has 17 heavy (non-hydrogen) atoms. The second kappa shape index (κ2) is 4.39. The van der Waals surface area contributed by atoms with Crippen LogP contribution >= 0.6 is 15.9 Å². The van der Waals surface area contributed by atoms with E-state index in [0.29, 0.717) is 17.6 Å². The average Bonchev–Trinajstić information content (AvgIpc) is 3.00. The smallest absolute Gasteiger partial charge is 0.0800 e. The Morgan fingerprint density at radius 2 is 2.18 bits per heavy atom. The van der Waals surface area contributed by atoms with Gasteiger partial charge in [0.2, 0.25) is 0 Å². The second-order valence-corrected chi connectivity index (χ2v) is 6.51. The summed E-state index contributed by atoms with van der Waals surface area (Å²) in [6.45, 7) is 0. The molecule has 2 aliphatic carbocycles. The maximum absolute atomic E-state index is 5.70. The Hall–Kier alpha value is -0.350. The summed E-state index contributed by atoms with van der Waals surface area (Å²) in [4.78, 5) is 0. The molecule has 3 rings (SSSR count). The molecule has 1 heterocycles. The van der Waals surface area contributed by atoms with Crippen molar-refractivity contribution in [1.29, 1.82) is 0 Å². The number of methoxy groups -OCH3 is 1. The molecular weight excluding hydrogens is 280 g/mol. The van der Waals surface area contributed by atoms with Gasteiger partial charge in [0.15, 0.2) is 0 Å². The summed E-state index contributed by atoms with van der Waals surface area (Å²) in [6.07, 6.45) is 12.3. The Labute approximate surface area is 111 Å². The van der Waals surface area contributed by atoms with Gasteiger partial charge in [-0.25, -0.2) is 0 Å². The monoisotopic (exact) mass is 298 g/mol. The number of rotatable bonds is 2. The number of halogens is 1. The molecule has 1 aromatic rings. The number of ether oxygens (including phenoxy) is 1. The highest BCUT2D eigenvalue weighted by molar-refractivity contribution is 9.10. The van der Waals surface area contributed by atoms with Gasteiger partial charge in [0.05, 0.1) is 22.8 Å². The Morgan fingerprint density at radius 1 is 1.41 bits per heavy atom. The first kappa shape index (κ1) is 11.7. The summed E-state index contributed by atoms with van der Waals surface area (Å²) in [5, 5.41) is 4.44. The third kappa shape index (κ3) is 2.06. The van der Waals surface area contributed by atoms with Crippen molar-refractivity contribution in [2.24, 2.45) is 5.41 Å². The number of hydrogen-bond acceptors (Lipinski definition) is 2. The molecule has 2 saturated carbocycles. The lowest BCUT2D eigenvalue weighted by molar-refractivity contribution is 0.0659. The quantitative estimate of drug-likeness (QED) is 0.835. The van der Waals surface area contributed by atoms with Crippen molar-refractivity contribution in [3.8, 4) is 0 Å². The lowest BCUT2D eigenvalue weighted by Gasteiger charge is -2.22. The maximum atomic E-state index is 5.70. The molecule has 94 valence electrons. The zero-order chi connectivity index (χ0) is 11.9. The average molecular weight is 299 g/mol. The van der Waals surface area contributed by atoms with Crippen LogP contribution in [0.5, 0.6) is 0 Å². The van der Waals surface area contributed by atoms with Gasteiger partial charge in [0, 0.05) is 13.3 Å². The first-order valence-corrected chi connectivity index (χ1v) is 7.24. The molecule has 0 N–H and O–H groups in total. The van der Waals surface area contributed by atoms with E-state index in [0.717, 1.165) is 4.47 Å². The van der Waals surface area contributed by atoms with Crippen LogP contribution in [0.1, 0.15) is 44.6 Å². The van der Waals surface area contributed by atoms with Crippen molar-refractivity contribution in [2.45, 2.75) is 50.7 Å². The van der Waals surface area contributed by atoms with Crippen LogP contribution in [0.25, 0.3) is 0 Å². The van der Waals surface area contributed by atoms with E-state index in [1.54, 1.807) is 0 Å². The lowest BCUT2D eigenvalue weighted by atomic mass is 9.84. The lowest BCUT2D eigenvalue weighted by Crippen LogP contribution is -2.20. The van der Waals surface area contributed by atoms with Crippen LogP contribution in [-0.4, -0.2) is 23.0 Å². The van der Waals surface area contributed by atoms with E-state index in [2.05, 4.69) is 31.9 Å². The zero-order valence-electron chi connectivity index (χ0n) is 10.2. The van der Waals surface area contributed by atoms with E-state index in [4.69, 9.17) is 4.74 Å². The fourth-order valence-corrected chi connectivity index (χ4v) is 4.06. The minimum atomic E-state index is 0.333. The van der Waals surface area contributed by atoms with Gasteiger partial charge >= 0.3 is 0 Å². The molecular formula is C13H19BrN2O. The Morgan fingerprint density at radius 3 is 2.76 bits per heavy atom. The van der Waals surface area contributed by atoms with Gasteiger partial charge in [-0.1, -0.05) is 12.8 Å². The summed E-state index contributed by atoms with van der Waals surface area (Å²) < 4.78 is 8.84. The molecule has 0 aromatic carbocycles. The Balaban J connectivity index is 1.84. The molecule has 2 atom stereocenters. The molecule has 0 bridgehead atoms. The maximum Gasteiger partial charge on any atom is 0.0800 e. The molecule has 3 nitrogen and oxygen atoms in total. The number of hydrogen-bond donors (Lipinski definition) is 0. The van der Waals surface area contributed by atoms with Crippen LogP contribution in [0.15, 0.2) is 16.9 Å². The van der Waals surface area contributed by atoms with Crippen LogP contribution in [0.3, 0.4) is 0 Å². The number of nitrogens with zero attached hydrogens (tertiary/aromatic N) is 2. The fourth-order valence-electron chi connectivity index (χ4n) is 3.76. The van der Waals surface area contributed by atoms with Crippen molar-refractivity contribution in [1.82, 2.24) is 9.78 Å². The van der Waals surface area contributed by atoms with E-state index in [1.807, 2.05) is 13.3 Å². The third-order valence-corrected chi connectivity index (χ3v) is 4.99. The van der Waals surface area contributed by atoms with Gasteiger partial charge < -0.3 is 4.74 Å². The standard InChI is InChI=1S/C13H19BrN2O/c1-17-12-7-13(4-2-3-5-13)6-11(12)16-9-10(14)8-15-16/h8-9,11-12H,2-7H2,1H3/t11-,12-/m1/s1. The topological polar surface area (TPSA) is 27.1 Å². The summed E-state index contributed by atoms with van der Waals surface area (Å²) in [5.74, 6) is 0. The SMILES string of the molecule is CO[C@@H]1CC2(CCCC2)C[C@H]1n1cc(Br)cn1. The fraction of sp³-hybridized carbons (Fsp3) is 0.769. The summed E-state index contributed by atoms with van der Waals surface area (Å²) in [7, 11) is 1.84. The van der Waals surface area contributed by atoms with Crippen molar-refractivity contribution in [3.63, 3.8) is 0 Å².